The van der Waals surface area contributed by atoms with Crippen LogP contribution in [0.1, 0.15) is 84.0 Å². The van der Waals surface area contributed by atoms with E-state index in [4.69, 9.17) is 9.47 Å². The van der Waals surface area contributed by atoms with Crippen molar-refractivity contribution in [3.05, 3.63) is 0 Å². The summed E-state index contributed by atoms with van der Waals surface area (Å²) in [5.74, 6) is -0.909. The van der Waals surface area contributed by atoms with Gasteiger partial charge in [-0.05, 0) is 6.42 Å². The fourth-order valence-corrected chi connectivity index (χ4v) is 4.45. The number of carbonyl (C=O) groups is 1. The van der Waals surface area contributed by atoms with E-state index < -0.39 is 74.2 Å². The summed E-state index contributed by atoms with van der Waals surface area (Å²) in [6, 6.07) is 0. The molecule has 1 aliphatic heterocycles. The second kappa shape index (κ2) is 20.0. The zero-order valence-electron chi connectivity index (χ0n) is 22.6. The molecular weight excluding hydrogens is 502 g/mol. The van der Waals surface area contributed by atoms with Gasteiger partial charge in [0.2, 0.25) is 0 Å². The normalized spacial score (nSPS) is 27.0. The fraction of sp³-hybridized carbons (Fsp3) is 0.962. The smallest absolute Gasteiger partial charge is 0.251 e. The first-order valence-electron chi connectivity index (χ1n) is 14.1. The molecule has 0 aromatic heterocycles. The Balaban J connectivity index is 2.40. The standard InChI is InChI=1S/C26H51NO11/c1-2-3-4-5-6-7-8-9-10-11-12-13-14-27-25(36)22(34)21(33)24(17(30)15-28)38-26-23(35)20(32)19(31)18(16-29)37-26/h17-24,26,28-35H,2-16H2,1H3,(H,27,36)/t17-,18?,19-,20?,21-,22-,23?,24-,26-/m1/s1. The van der Waals surface area contributed by atoms with E-state index >= 15 is 0 Å². The molecule has 9 atom stereocenters. The number of hydrogen-bond acceptors (Lipinski definition) is 11. The summed E-state index contributed by atoms with van der Waals surface area (Å²) >= 11 is 0. The van der Waals surface area contributed by atoms with E-state index in [2.05, 4.69) is 12.2 Å². The zero-order valence-corrected chi connectivity index (χ0v) is 22.6. The Morgan fingerprint density at radius 1 is 0.816 bits per heavy atom. The molecule has 0 bridgehead atoms. The van der Waals surface area contributed by atoms with E-state index in [-0.39, 0.29) is 6.54 Å². The lowest BCUT2D eigenvalue weighted by Gasteiger charge is -2.42. The lowest BCUT2D eigenvalue weighted by atomic mass is 9.98. The number of amides is 1. The molecule has 1 saturated heterocycles. The minimum Gasteiger partial charge on any atom is -0.394 e. The van der Waals surface area contributed by atoms with Gasteiger partial charge in [0.25, 0.3) is 5.91 Å². The summed E-state index contributed by atoms with van der Waals surface area (Å²) in [5, 5.41) is 82.0. The Labute approximate surface area is 225 Å². The quantitative estimate of drug-likeness (QED) is 0.0792. The molecule has 12 nitrogen and oxygen atoms in total. The van der Waals surface area contributed by atoms with Crippen molar-refractivity contribution in [1.29, 1.82) is 0 Å². The van der Waals surface area contributed by atoms with Gasteiger partial charge in [0.15, 0.2) is 12.4 Å². The highest BCUT2D eigenvalue weighted by Crippen LogP contribution is 2.25. The van der Waals surface area contributed by atoms with Gasteiger partial charge >= 0.3 is 0 Å². The van der Waals surface area contributed by atoms with E-state index in [0.29, 0.717) is 6.42 Å². The number of aliphatic hydroxyl groups is 8. The van der Waals surface area contributed by atoms with Gasteiger partial charge in [-0.15, -0.1) is 0 Å². The second-order valence-electron chi connectivity index (χ2n) is 10.2. The SMILES string of the molecule is CCCCCCCCCCCCCCNC(=O)[C@H](O)[C@@H](O)[C@H](O[C@H]1OC(CO)[C@@H](O)C(O)C1O)[C@H](O)CO. The molecular formula is C26H51NO11. The van der Waals surface area contributed by atoms with Crippen LogP contribution in [-0.2, 0) is 14.3 Å². The Morgan fingerprint density at radius 3 is 1.84 bits per heavy atom. The number of rotatable bonds is 21. The minimum atomic E-state index is -2.04. The van der Waals surface area contributed by atoms with Gasteiger partial charge in [-0.3, -0.25) is 4.79 Å². The van der Waals surface area contributed by atoms with E-state index in [1.807, 2.05) is 0 Å². The van der Waals surface area contributed by atoms with Crippen LogP contribution in [0.15, 0.2) is 0 Å². The lowest BCUT2D eigenvalue weighted by Crippen LogP contribution is -2.62. The summed E-state index contributed by atoms with van der Waals surface area (Å²) < 4.78 is 10.5. The second-order valence-corrected chi connectivity index (χ2v) is 10.2. The van der Waals surface area contributed by atoms with Gasteiger partial charge in [0.1, 0.15) is 42.7 Å². The zero-order chi connectivity index (χ0) is 28.5. The van der Waals surface area contributed by atoms with E-state index in [1.165, 1.54) is 51.4 Å². The molecule has 0 radical (unpaired) electrons. The number of aliphatic hydroxyl groups excluding tert-OH is 8. The Kier molecular flexibility index (Phi) is 18.5. The molecule has 0 aromatic carbocycles. The van der Waals surface area contributed by atoms with E-state index in [9.17, 15) is 45.6 Å². The van der Waals surface area contributed by atoms with Crippen LogP contribution < -0.4 is 5.32 Å². The van der Waals surface area contributed by atoms with Crippen molar-refractivity contribution >= 4 is 5.91 Å². The lowest BCUT2D eigenvalue weighted by molar-refractivity contribution is -0.326. The molecule has 1 heterocycles. The third-order valence-corrected chi connectivity index (χ3v) is 6.96. The van der Waals surface area contributed by atoms with Crippen LogP contribution in [-0.4, -0.2) is 122 Å². The molecule has 226 valence electrons. The summed E-state index contributed by atoms with van der Waals surface area (Å²) in [6.45, 7) is 0.834. The Hall–Kier alpha value is -0.930. The molecule has 1 amide bonds. The van der Waals surface area contributed by atoms with Gasteiger partial charge < -0.3 is 55.6 Å². The van der Waals surface area contributed by atoms with Crippen molar-refractivity contribution in [2.45, 2.75) is 139 Å². The first-order valence-corrected chi connectivity index (χ1v) is 14.1. The molecule has 1 aliphatic rings. The summed E-state index contributed by atoms with van der Waals surface area (Å²) in [5.41, 5.74) is 0. The van der Waals surface area contributed by atoms with Crippen LogP contribution in [0.3, 0.4) is 0 Å². The van der Waals surface area contributed by atoms with Crippen LogP contribution in [0.4, 0.5) is 0 Å². The number of unbranched alkanes of at least 4 members (excludes halogenated alkanes) is 11. The maximum Gasteiger partial charge on any atom is 0.251 e. The molecule has 38 heavy (non-hydrogen) atoms. The Bertz CT molecular complexity index is 612. The van der Waals surface area contributed by atoms with Crippen LogP contribution in [0.2, 0.25) is 0 Å². The highest BCUT2D eigenvalue weighted by atomic mass is 16.7. The molecule has 1 fully saturated rings. The average Bonchev–Trinajstić information content (AvgIpc) is 2.92. The van der Waals surface area contributed by atoms with Crippen molar-refractivity contribution in [2.75, 3.05) is 19.8 Å². The molecule has 3 unspecified atom stereocenters. The maximum absolute atomic E-state index is 12.3. The summed E-state index contributed by atoms with van der Waals surface area (Å²) in [6.07, 6.45) is -2.07. The maximum atomic E-state index is 12.3. The third-order valence-electron chi connectivity index (χ3n) is 6.96. The first-order chi connectivity index (χ1) is 18.2. The van der Waals surface area contributed by atoms with Gasteiger partial charge in [-0.25, -0.2) is 0 Å². The number of nitrogens with one attached hydrogen (secondary N) is 1. The molecule has 12 heteroatoms. The third kappa shape index (κ3) is 12.1. The molecule has 0 spiro atoms. The van der Waals surface area contributed by atoms with Crippen LogP contribution in [0, 0.1) is 0 Å². The number of carbonyl (C=O) groups excluding carboxylic acids is 1. The fourth-order valence-electron chi connectivity index (χ4n) is 4.45. The monoisotopic (exact) mass is 553 g/mol. The topological polar surface area (TPSA) is 209 Å². The van der Waals surface area contributed by atoms with E-state index in [1.54, 1.807) is 0 Å². The van der Waals surface area contributed by atoms with Gasteiger partial charge in [-0.2, -0.15) is 0 Å². The van der Waals surface area contributed by atoms with Gasteiger partial charge in [-0.1, -0.05) is 77.6 Å². The summed E-state index contributed by atoms with van der Waals surface area (Å²) in [4.78, 5) is 12.3. The number of ether oxygens (including phenoxy) is 2. The van der Waals surface area contributed by atoms with Crippen molar-refractivity contribution in [2.24, 2.45) is 0 Å². The minimum absolute atomic E-state index is 0.279. The highest BCUT2D eigenvalue weighted by molar-refractivity contribution is 5.81. The van der Waals surface area contributed by atoms with Crippen molar-refractivity contribution < 1.29 is 55.1 Å². The van der Waals surface area contributed by atoms with E-state index in [0.717, 1.165) is 19.3 Å². The van der Waals surface area contributed by atoms with Crippen molar-refractivity contribution in [1.82, 2.24) is 5.32 Å². The Morgan fingerprint density at radius 2 is 1.34 bits per heavy atom. The van der Waals surface area contributed by atoms with Crippen LogP contribution in [0.5, 0.6) is 0 Å². The molecule has 1 rings (SSSR count). The van der Waals surface area contributed by atoms with Crippen molar-refractivity contribution in [3.63, 3.8) is 0 Å². The average molecular weight is 554 g/mol. The predicted octanol–water partition coefficient (Wildman–Crippen LogP) is -0.936. The first kappa shape index (κ1) is 35.1. The molecule has 9 N–H and O–H groups in total. The van der Waals surface area contributed by atoms with Crippen LogP contribution in [0.25, 0.3) is 0 Å². The molecule has 0 saturated carbocycles. The predicted molar refractivity (Wildman–Crippen MR) is 138 cm³/mol. The summed E-state index contributed by atoms with van der Waals surface area (Å²) in [7, 11) is 0. The number of hydrogen-bond donors (Lipinski definition) is 9. The molecule has 0 aromatic rings. The highest BCUT2D eigenvalue weighted by Gasteiger charge is 2.47. The van der Waals surface area contributed by atoms with Gasteiger partial charge in [0.05, 0.1) is 13.2 Å². The molecule has 0 aliphatic carbocycles. The largest absolute Gasteiger partial charge is 0.394 e. The van der Waals surface area contributed by atoms with Crippen LogP contribution >= 0.6 is 0 Å². The van der Waals surface area contributed by atoms with Crippen molar-refractivity contribution in [3.8, 4) is 0 Å². The van der Waals surface area contributed by atoms with Gasteiger partial charge in [0, 0.05) is 6.54 Å².